The first kappa shape index (κ1) is 34.3. The van der Waals surface area contributed by atoms with Crippen LogP contribution in [0.4, 0.5) is 0 Å². The van der Waals surface area contributed by atoms with Crippen molar-refractivity contribution in [2.75, 3.05) is 14.2 Å². The minimum Gasteiger partial charge on any atom is -0.467 e. The molecule has 2 aliphatic rings. The van der Waals surface area contributed by atoms with Gasteiger partial charge in [-0.1, -0.05) is 43.6 Å². The van der Waals surface area contributed by atoms with Crippen molar-refractivity contribution < 1.29 is 57.1 Å². The van der Waals surface area contributed by atoms with Crippen LogP contribution < -0.4 is 0 Å². The van der Waals surface area contributed by atoms with Gasteiger partial charge in [0.1, 0.15) is 12.5 Å². The van der Waals surface area contributed by atoms with Gasteiger partial charge in [-0.3, -0.25) is 14.4 Å². The first-order chi connectivity index (χ1) is 18.2. The second-order valence-electron chi connectivity index (χ2n) is 9.29. The van der Waals surface area contributed by atoms with Crippen LogP contribution in [-0.2, 0) is 57.1 Å². The zero-order chi connectivity index (χ0) is 30.0. The van der Waals surface area contributed by atoms with Gasteiger partial charge in [0.25, 0.3) is 0 Å². The smallest absolute Gasteiger partial charge is 0.335 e. The number of carbonyl (C=O) groups excluding carboxylic acids is 5. The molecule has 14 heteroatoms. The maximum Gasteiger partial charge on any atom is 0.335 e. The van der Waals surface area contributed by atoms with Crippen molar-refractivity contribution in [2.24, 2.45) is 23.7 Å². The summed E-state index contributed by atoms with van der Waals surface area (Å²) in [6, 6.07) is 1.65. The normalized spacial score (nSPS) is 33.6. The Balaban J connectivity index is 0.000000403. The molecule has 0 spiro atoms. The number of ether oxygens (including phenoxy) is 7. The number of halogens is 1. The van der Waals surface area contributed by atoms with E-state index in [-0.39, 0.29) is 29.6 Å². The van der Waals surface area contributed by atoms with Crippen LogP contribution in [0.5, 0.6) is 0 Å². The lowest BCUT2D eigenvalue weighted by Gasteiger charge is -2.41. The van der Waals surface area contributed by atoms with Crippen LogP contribution in [0, 0.1) is 35.0 Å². The summed E-state index contributed by atoms with van der Waals surface area (Å²) in [5, 5.41) is 8.00. The molecule has 220 valence electrons. The Morgan fingerprint density at radius 1 is 0.744 bits per heavy atom. The van der Waals surface area contributed by atoms with Crippen LogP contribution in [0.3, 0.4) is 0 Å². The Morgan fingerprint density at radius 2 is 1.18 bits per heavy atom. The summed E-state index contributed by atoms with van der Waals surface area (Å²) >= 11 is 3.28. The van der Waals surface area contributed by atoms with E-state index in [0.29, 0.717) is 0 Å². The van der Waals surface area contributed by atoms with Gasteiger partial charge in [0.15, 0.2) is 23.3 Å². The maximum absolute atomic E-state index is 11.8. The van der Waals surface area contributed by atoms with E-state index in [9.17, 15) is 24.0 Å². The summed E-state index contributed by atoms with van der Waals surface area (Å²) < 4.78 is 35.6. The van der Waals surface area contributed by atoms with E-state index in [1.54, 1.807) is 19.9 Å². The van der Waals surface area contributed by atoms with Crippen LogP contribution in [0.25, 0.3) is 0 Å². The van der Waals surface area contributed by atoms with Gasteiger partial charge < -0.3 is 33.2 Å². The third kappa shape index (κ3) is 9.44. The van der Waals surface area contributed by atoms with E-state index in [0.717, 1.165) is 0 Å². The van der Waals surface area contributed by atoms with E-state index in [1.807, 2.05) is 13.8 Å². The molecule has 2 rings (SSSR count). The summed E-state index contributed by atoms with van der Waals surface area (Å²) in [5.74, 6) is -3.48. The molecular formula is C25H36BrNO12. The predicted molar refractivity (Wildman–Crippen MR) is 134 cm³/mol. The molecule has 0 saturated carbocycles. The Bertz CT molecular complexity index is 937. The second kappa shape index (κ2) is 15.7. The molecule has 0 aliphatic carbocycles. The minimum atomic E-state index is -1.26. The summed E-state index contributed by atoms with van der Waals surface area (Å²) in [7, 11) is 2.54. The average Bonchev–Trinajstić information content (AvgIpc) is 2.87. The Kier molecular flexibility index (Phi) is 13.8. The summed E-state index contributed by atoms with van der Waals surface area (Å²) in [5.41, 5.74) is 0. The summed E-state index contributed by atoms with van der Waals surface area (Å²) in [4.78, 5) is 57.0. The zero-order valence-corrected chi connectivity index (χ0v) is 24.8. The number of alkyl halides is 1. The highest BCUT2D eigenvalue weighted by Gasteiger charge is 2.48. The number of hydrogen-bond acceptors (Lipinski definition) is 13. The van der Waals surface area contributed by atoms with Gasteiger partial charge in [-0.05, 0) is 11.8 Å². The Hall–Kier alpha value is -2.76. The summed E-state index contributed by atoms with van der Waals surface area (Å²) in [6.45, 7) is 9.87. The van der Waals surface area contributed by atoms with Crippen molar-refractivity contribution in [1.82, 2.24) is 0 Å². The van der Waals surface area contributed by atoms with Gasteiger partial charge in [-0.2, -0.15) is 5.26 Å². The average molecular weight is 622 g/mol. The molecule has 13 nitrogen and oxygen atoms in total. The number of methoxy groups -OCH3 is 2. The fourth-order valence-corrected chi connectivity index (χ4v) is 4.96. The molecule has 0 aromatic rings. The molecule has 0 aromatic heterocycles. The molecule has 39 heavy (non-hydrogen) atoms. The fourth-order valence-electron chi connectivity index (χ4n) is 4.13. The second-order valence-corrected chi connectivity index (χ2v) is 10.2. The van der Waals surface area contributed by atoms with Gasteiger partial charge in [0.2, 0.25) is 6.29 Å². The molecule has 0 aromatic carbocycles. The third-order valence-corrected chi connectivity index (χ3v) is 7.41. The SMILES string of the molecule is COC(=O)C1OC(Br)C(OC(C)=O)C(C)C1C.COC(=O)C1OC(OC(=O)CC#N)C(OC(C)=O)C(C)C1C. The van der Waals surface area contributed by atoms with Gasteiger partial charge in [0.05, 0.1) is 20.3 Å². The molecular weight excluding hydrogens is 586 g/mol. The van der Waals surface area contributed by atoms with Crippen molar-refractivity contribution in [1.29, 1.82) is 5.26 Å². The highest BCUT2D eigenvalue weighted by atomic mass is 79.9. The monoisotopic (exact) mass is 621 g/mol. The quantitative estimate of drug-likeness (QED) is 0.239. The fraction of sp³-hybridized carbons (Fsp3) is 0.760. The van der Waals surface area contributed by atoms with Crippen LogP contribution in [0.15, 0.2) is 0 Å². The van der Waals surface area contributed by atoms with Crippen molar-refractivity contribution in [3.63, 3.8) is 0 Å². The standard InChI is InChI=1S/C14H19NO7.C11H17BrO5/c1-7-8(2)12(20-9(3)16)14(21-10(17)5-6-15)22-11(7)13(18)19-4;1-5-6(2)9(11(14)15-4)17-10(12)8(5)16-7(3)13/h7-8,11-12,14H,5H2,1-4H3;5-6,8-10H,1-4H3. The topological polar surface area (TPSA) is 174 Å². The highest BCUT2D eigenvalue weighted by molar-refractivity contribution is 9.09. The number of nitrogens with zero attached hydrogens (tertiary/aromatic N) is 1. The van der Waals surface area contributed by atoms with Crippen molar-refractivity contribution in [3.8, 4) is 6.07 Å². The molecule has 0 amide bonds. The number of nitriles is 1. The highest BCUT2D eigenvalue weighted by Crippen LogP contribution is 2.36. The maximum atomic E-state index is 11.8. The van der Waals surface area contributed by atoms with Crippen LogP contribution in [0.2, 0.25) is 0 Å². The van der Waals surface area contributed by atoms with Gasteiger partial charge in [-0.25, -0.2) is 9.59 Å². The van der Waals surface area contributed by atoms with Crippen molar-refractivity contribution >= 4 is 45.8 Å². The molecule has 2 aliphatic heterocycles. The third-order valence-electron chi connectivity index (χ3n) is 6.68. The zero-order valence-electron chi connectivity index (χ0n) is 23.2. The number of carbonyl (C=O) groups is 5. The number of hydrogen-bond donors (Lipinski definition) is 0. The first-order valence-corrected chi connectivity index (χ1v) is 13.1. The van der Waals surface area contributed by atoms with Crippen LogP contribution in [-0.4, -0.2) is 79.8 Å². The molecule has 2 fully saturated rings. The Morgan fingerprint density at radius 3 is 1.62 bits per heavy atom. The predicted octanol–water partition coefficient (Wildman–Crippen LogP) is 2.03. The van der Waals surface area contributed by atoms with Crippen molar-refractivity contribution in [3.05, 3.63) is 0 Å². The number of esters is 5. The van der Waals surface area contributed by atoms with Gasteiger partial charge in [-0.15, -0.1) is 0 Å². The minimum absolute atomic E-state index is 0.00104. The van der Waals surface area contributed by atoms with E-state index in [4.69, 9.17) is 28.9 Å². The molecule has 0 N–H and O–H groups in total. The van der Waals surface area contributed by atoms with Gasteiger partial charge >= 0.3 is 29.8 Å². The lowest BCUT2D eigenvalue weighted by Crippen LogP contribution is -2.55. The largest absolute Gasteiger partial charge is 0.467 e. The van der Waals surface area contributed by atoms with E-state index in [1.165, 1.54) is 28.1 Å². The molecule has 10 atom stereocenters. The van der Waals surface area contributed by atoms with E-state index in [2.05, 4.69) is 25.4 Å². The molecule has 0 radical (unpaired) electrons. The van der Waals surface area contributed by atoms with Crippen LogP contribution in [0.1, 0.15) is 48.0 Å². The molecule has 0 bridgehead atoms. The first-order valence-electron chi connectivity index (χ1n) is 12.2. The van der Waals surface area contributed by atoms with Crippen molar-refractivity contribution in [2.45, 2.75) is 83.7 Å². The number of rotatable bonds is 6. The van der Waals surface area contributed by atoms with E-state index >= 15 is 0 Å². The molecule has 10 unspecified atom stereocenters. The van der Waals surface area contributed by atoms with E-state index < -0.39 is 66.0 Å². The van der Waals surface area contributed by atoms with Gasteiger partial charge in [0, 0.05) is 25.7 Å². The Labute approximate surface area is 235 Å². The lowest BCUT2D eigenvalue weighted by atomic mass is 9.83. The molecule has 2 saturated heterocycles. The summed E-state index contributed by atoms with van der Waals surface area (Å²) in [6.07, 6.45) is -4.59. The molecule has 2 heterocycles. The lowest BCUT2D eigenvalue weighted by molar-refractivity contribution is -0.267. The van der Waals surface area contributed by atoms with Crippen LogP contribution >= 0.6 is 15.9 Å².